The molecule has 0 aliphatic rings. The Morgan fingerprint density at radius 2 is 2.28 bits per heavy atom. The first-order valence-electron chi connectivity index (χ1n) is 5.26. The van der Waals surface area contributed by atoms with E-state index in [0.717, 1.165) is 5.01 Å². The standard InChI is InChI=1S/C12H10BrFN2OS/c13-8-3-1-2-7(11(8)14)12(17)9-6-18-10(16-9)4-5-15/h1-3,6H,4-5,15H2. The minimum Gasteiger partial charge on any atom is -0.330 e. The van der Waals surface area contributed by atoms with Crippen LogP contribution in [0.15, 0.2) is 28.1 Å². The molecule has 2 N–H and O–H groups in total. The minimum absolute atomic E-state index is 0.0222. The number of hydrogen-bond acceptors (Lipinski definition) is 4. The second kappa shape index (κ2) is 5.69. The minimum atomic E-state index is -0.559. The van der Waals surface area contributed by atoms with E-state index in [0.29, 0.717) is 13.0 Å². The first-order chi connectivity index (χ1) is 8.63. The number of nitrogens with zero attached hydrogens (tertiary/aromatic N) is 1. The average Bonchev–Trinajstić information content (AvgIpc) is 2.81. The highest BCUT2D eigenvalue weighted by Gasteiger charge is 2.18. The SMILES string of the molecule is NCCc1nc(C(=O)c2cccc(Br)c2F)cs1. The molecule has 94 valence electrons. The van der Waals surface area contributed by atoms with Gasteiger partial charge < -0.3 is 5.73 Å². The zero-order valence-corrected chi connectivity index (χ0v) is 11.7. The summed E-state index contributed by atoms with van der Waals surface area (Å²) in [5.41, 5.74) is 5.70. The molecule has 0 saturated carbocycles. The van der Waals surface area contributed by atoms with Gasteiger partial charge in [-0.3, -0.25) is 4.79 Å². The van der Waals surface area contributed by atoms with Crippen molar-refractivity contribution in [1.29, 1.82) is 0 Å². The number of hydrogen-bond donors (Lipinski definition) is 1. The Morgan fingerprint density at radius 3 is 3.00 bits per heavy atom. The lowest BCUT2D eigenvalue weighted by molar-refractivity contribution is 0.103. The summed E-state index contributed by atoms with van der Waals surface area (Å²) >= 11 is 4.42. The zero-order valence-electron chi connectivity index (χ0n) is 9.32. The first kappa shape index (κ1) is 13.3. The predicted octanol–water partition coefficient (Wildman–Crippen LogP) is 2.78. The summed E-state index contributed by atoms with van der Waals surface area (Å²) in [5.74, 6) is -0.968. The van der Waals surface area contributed by atoms with Gasteiger partial charge in [-0.1, -0.05) is 6.07 Å². The first-order valence-corrected chi connectivity index (χ1v) is 6.94. The van der Waals surface area contributed by atoms with E-state index in [2.05, 4.69) is 20.9 Å². The number of benzene rings is 1. The molecule has 1 aromatic carbocycles. The number of aromatic nitrogens is 1. The molecule has 0 unspecified atom stereocenters. The molecule has 3 nitrogen and oxygen atoms in total. The Morgan fingerprint density at radius 1 is 1.50 bits per heavy atom. The van der Waals surface area contributed by atoms with Gasteiger partial charge in [-0.25, -0.2) is 9.37 Å². The van der Waals surface area contributed by atoms with Gasteiger partial charge in [-0.2, -0.15) is 0 Å². The second-order valence-corrected chi connectivity index (χ2v) is 5.39. The molecule has 0 bridgehead atoms. The van der Waals surface area contributed by atoms with Gasteiger partial charge in [0.2, 0.25) is 5.78 Å². The van der Waals surface area contributed by atoms with E-state index < -0.39 is 11.6 Å². The number of nitrogens with two attached hydrogens (primary N) is 1. The lowest BCUT2D eigenvalue weighted by Gasteiger charge is -2.01. The molecule has 1 aromatic heterocycles. The van der Waals surface area contributed by atoms with Crippen LogP contribution in [0.1, 0.15) is 21.1 Å². The van der Waals surface area contributed by atoms with Crippen LogP contribution in [-0.4, -0.2) is 17.3 Å². The van der Waals surface area contributed by atoms with Gasteiger partial charge >= 0.3 is 0 Å². The molecule has 18 heavy (non-hydrogen) atoms. The molecule has 1 heterocycles. The van der Waals surface area contributed by atoms with Crippen LogP contribution in [0.5, 0.6) is 0 Å². The summed E-state index contributed by atoms with van der Waals surface area (Å²) in [5, 5.41) is 2.42. The lowest BCUT2D eigenvalue weighted by Crippen LogP contribution is -2.06. The molecule has 0 atom stereocenters. The number of halogens is 2. The van der Waals surface area contributed by atoms with Crippen LogP contribution >= 0.6 is 27.3 Å². The van der Waals surface area contributed by atoms with Gasteiger partial charge in [0.05, 0.1) is 15.0 Å². The van der Waals surface area contributed by atoms with E-state index in [1.54, 1.807) is 17.5 Å². The number of carbonyl (C=O) groups is 1. The van der Waals surface area contributed by atoms with Crippen LogP contribution < -0.4 is 5.73 Å². The van der Waals surface area contributed by atoms with Crippen LogP contribution in [0.4, 0.5) is 4.39 Å². The maximum Gasteiger partial charge on any atom is 0.215 e. The van der Waals surface area contributed by atoms with Crippen molar-refractivity contribution in [2.24, 2.45) is 5.73 Å². The molecule has 2 rings (SSSR count). The third-order valence-corrected chi connectivity index (χ3v) is 3.86. The summed E-state index contributed by atoms with van der Waals surface area (Å²) < 4.78 is 14.0. The van der Waals surface area contributed by atoms with Crippen LogP contribution in [0.2, 0.25) is 0 Å². The molecular formula is C12H10BrFN2OS. The predicted molar refractivity (Wildman–Crippen MR) is 72.4 cm³/mol. The molecular weight excluding hydrogens is 319 g/mol. The van der Waals surface area contributed by atoms with Crippen molar-refractivity contribution in [2.45, 2.75) is 6.42 Å². The number of thiazole rings is 1. The Hall–Kier alpha value is -1.11. The van der Waals surface area contributed by atoms with E-state index in [9.17, 15) is 9.18 Å². The van der Waals surface area contributed by atoms with Crippen LogP contribution in [0.25, 0.3) is 0 Å². The highest BCUT2D eigenvalue weighted by Crippen LogP contribution is 2.22. The van der Waals surface area contributed by atoms with Crippen molar-refractivity contribution in [3.05, 3.63) is 50.1 Å². The highest BCUT2D eigenvalue weighted by molar-refractivity contribution is 9.10. The van der Waals surface area contributed by atoms with Crippen molar-refractivity contribution in [3.8, 4) is 0 Å². The van der Waals surface area contributed by atoms with Gasteiger partial charge in [0.1, 0.15) is 11.5 Å². The Bertz CT molecular complexity index is 585. The van der Waals surface area contributed by atoms with Crippen LogP contribution in [0.3, 0.4) is 0 Å². The van der Waals surface area contributed by atoms with Gasteiger partial charge in [-0.15, -0.1) is 11.3 Å². The second-order valence-electron chi connectivity index (χ2n) is 3.60. The number of ketones is 1. The molecule has 0 aliphatic heterocycles. The Labute approximate surface area is 116 Å². The molecule has 0 amide bonds. The Balaban J connectivity index is 2.32. The van der Waals surface area contributed by atoms with Crippen LogP contribution in [0, 0.1) is 5.82 Å². The normalized spacial score (nSPS) is 10.6. The topological polar surface area (TPSA) is 56.0 Å². The van der Waals surface area contributed by atoms with Crippen LogP contribution in [-0.2, 0) is 6.42 Å². The monoisotopic (exact) mass is 328 g/mol. The van der Waals surface area contributed by atoms with Gasteiger partial charge in [-0.05, 0) is 34.6 Å². The summed E-state index contributed by atoms with van der Waals surface area (Å²) in [7, 11) is 0. The highest BCUT2D eigenvalue weighted by atomic mass is 79.9. The number of carbonyl (C=O) groups excluding carboxylic acids is 1. The molecule has 6 heteroatoms. The Kier molecular flexibility index (Phi) is 4.21. The zero-order chi connectivity index (χ0) is 13.1. The number of rotatable bonds is 4. The molecule has 0 saturated heterocycles. The average molecular weight is 329 g/mol. The quantitative estimate of drug-likeness (QED) is 0.878. The summed E-state index contributed by atoms with van der Waals surface area (Å²) in [6, 6.07) is 4.62. The van der Waals surface area contributed by atoms with Crippen molar-refractivity contribution in [1.82, 2.24) is 4.98 Å². The molecule has 0 spiro atoms. The van der Waals surface area contributed by atoms with Crippen molar-refractivity contribution in [2.75, 3.05) is 6.54 Å². The fraction of sp³-hybridized carbons (Fsp3) is 0.167. The summed E-state index contributed by atoms with van der Waals surface area (Å²) in [6.45, 7) is 0.479. The van der Waals surface area contributed by atoms with E-state index >= 15 is 0 Å². The molecule has 0 fully saturated rings. The maximum atomic E-state index is 13.8. The van der Waals surface area contributed by atoms with Gasteiger partial charge in [0.15, 0.2) is 0 Å². The molecule has 2 aromatic rings. The lowest BCUT2D eigenvalue weighted by atomic mass is 10.1. The van der Waals surface area contributed by atoms with Crippen molar-refractivity contribution in [3.63, 3.8) is 0 Å². The molecule has 0 aliphatic carbocycles. The molecule has 0 radical (unpaired) electrons. The van der Waals surface area contributed by atoms with E-state index in [4.69, 9.17) is 5.73 Å². The van der Waals surface area contributed by atoms with Crippen molar-refractivity contribution >= 4 is 33.0 Å². The van der Waals surface area contributed by atoms with E-state index in [-0.39, 0.29) is 15.7 Å². The van der Waals surface area contributed by atoms with Crippen molar-refractivity contribution < 1.29 is 9.18 Å². The fourth-order valence-corrected chi connectivity index (χ4v) is 2.63. The third-order valence-electron chi connectivity index (χ3n) is 2.34. The van der Waals surface area contributed by atoms with Gasteiger partial charge in [0.25, 0.3) is 0 Å². The third kappa shape index (κ3) is 2.66. The summed E-state index contributed by atoms with van der Waals surface area (Å²) in [4.78, 5) is 16.2. The van der Waals surface area contributed by atoms with E-state index in [1.807, 2.05) is 0 Å². The maximum absolute atomic E-state index is 13.8. The van der Waals surface area contributed by atoms with Gasteiger partial charge in [0, 0.05) is 11.8 Å². The smallest absolute Gasteiger partial charge is 0.215 e. The van der Waals surface area contributed by atoms with E-state index in [1.165, 1.54) is 17.4 Å². The summed E-state index contributed by atoms with van der Waals surface area (Å²) in [6.07, 6.45) is 0.624. The fourth-order valence-electron chi connectivity index (χ4n) is 1.47. The largest absolute Gasteiger partial charge is 0.330 e.